The van der Waals surface area contributed by atoms with Crippen molar-refractivity contribution in [2.45, 2.75) is 31.7 Å². The highest BCUT2D eigenvalue weighted by molar-refractivity contribution is 9.10. The van der Waals surface area contributed by atoms with Crippen LogP contribution in [0, 0.1) is 5.82 Å². The summed E-state index contributed by atoms with van der Waals surface area (Å²) < 4.78 is 14.1. The Bertz CT molecular complexity index is 1080. The highest BCUT2D eigenvalue weighted by atomic mass is 79.9. The fourth-order valence-electron chi connectivity index (χ4n) is 3.60. The Morgan fingerprint density at radius 3 is 2.35 bits per heavy atom. The molecule has 178 valence electrons. The molecule has 0 fully saturated rings. The van der Waals surface area contributed by atoms with E-state index in [0.29, 0.717) is 25.3 Å². The molecule has 2 amide bonds. The van der Waals surface area contributed by atoms with Crippen LogP contribution in [0.3, 0.4) is 0 Å². The number of carbonyl (C=O) groups is 2. The first kappa shape index (κ1) is 26.0. The van der Waals surface area contributed by atoms with Crippen molar-refractivity contribution in [3.63, 3.8) is 0 Å². The van der Waals surface area contributed by atoms with Crippen LogP contribution in [-0.2, 0) is 28.3 Å². The van der Waals surface area contributed by atoms with E-state index < -0.39 is 6.04 Å². The van der Waals surface area contributed by atoms with Crippen LogP contribution < -0.4 is 5.32 Å². The van der Waals surface area contributed by atoms with Gasteiger partial charge in [-0.25, -0.2) is 4.39 Å². The molecule has 0 heterocycles. The van der Waals surface area contributed by atoms with Gasteiger partial charge in [0.2, 0.25) is 11.8 Å². The quantitative estimate of drug-likeness (QED) is 0.343. The summed E-state index contributed by atoms with van der Waals surface area (Å²) in [5.41, 5.74) is 2.88. The maximum Gasteiger partial charge on any atom is 0.243 e. The standard InChI is InChI=1S/C27H28BrFN2O2S/c1-2-30-27(33)25(16-20-7-4-3-5-8-20)31(17-22-9-6-10-23(28)15-22)26(32)19-34-18-21-11-13-24(29)14-12-21/h3-15,25H,2,16-19H2,1H3,(H,30,33)/t25-/m0/s1. The van der Waals surface area contributed by atoms with E-state index >= 15 is 0 Å². The maximum atomic E-state index is 13.5. The predicted octanol–water partition coefficient (Wildman–Crippen LogP) is 5.60. The third-order valence-corrected chi connectivity index (χ3v) is 6.75. The minimum absolute atomic E-state index is 0.112. The summed E-state index contributed by atoms with van der Waals surface area (Å²) >= 11 is 4.95. The molecule has 0 aliphatic carbocycles. The summed E-state index contributed by atoms with van der Waals surface area (Å²) in [6.07, 6.45) is 0.426. The third kappa shape index (κ3) is 7.99. The summed E-state index contributed by atoms with van der Waals surface area (Å²) in [7, 11) is 0. The molecule has 0 radical (unpaired) electrons. The largest absolute Gasteiger partial charge is 0.355 e. The van der Waals surface area contributed by atoms with E-state index in [9.17, 15) is 14.0 Å². The van der Waals surface area contributed by atoms with Crippen molar-refractivity contribution >= 4 is 39.5 Å². The summed E-state index contributed by atoms with van der Waals surface area (Å²) in [6, 6.07) is 23.1. The van der Waals surface area contributed by atoms with Crippen LogP contribution in [-0.4, -0.2) is 35.1 Å². The number of nitrogens with one attached hydrogen (secondary N) is 1. The highest BCUT2D eigenvalue weighted by Crippen LogP contribution is 2.20. The molecule has 0 saturated carbocycles. The number of rotatable bonds is 11. The van der Waals surface area contributed by atoms with E-state index in [4.69, 9.17) is 0 Å². The number of carbonyl (C=O) groups excluding carboxylic acids is 2. The normalized spacial score (nSPS) is 11.6. The second-order valence-electron chi connectivity index (χ2n) is 7.87. The summed E-state index contributed by atoms with van der Waals surface area (Å²) in [5.74, 6) is 0.241. The van der Waals surface area contributed by atoms with E-state index in [-0.39, 0.29) is 23.4 Å². The predicted molar refractivity (Wildman–Crippen MR) is 140 cm³/mol. The monoisotopic (exact) mass is 542 g/mol. The fraction of sp³-hybridized carbons (Fsp3) is 0.259. The molecule has 0 aromatic heterocycles. The van der Waals surface area contributed by atoms with Gasteiger partial charge in [0.15, 0.2) is 0 Å². The lowest BCUT2D eigenvalue weighted by Gasteiger charge is -2.31. The zero-order valence-electron chi connectivity index (χ0n) is 19.0. The zero-order chi connectivity index (χ0) is 24.3. The van der Waals surface area contributed by atoms with E-state index in [1.54, 1.807) is 17.0 Å². The number of hydrogen-bond acceptors (Lipinski definition) is 3. The number of nitrogens with zero attached hydrogens (tertiary/aromatic N) is 1. The molecule has 0 aliphatic heterocycles. The molecular formula is C27H28BrFN2O2S. The Hall–Kier alpha value is -2.64. The molecule has 0 spiro atoms. The van der Waals surface area contributed by atoms with Crippen LogP contribution in [0.25, 0.3) is 0 Å². The van der Waals surface area contributed by atoms with Gasteiger partial charge in [0.1, 0.15) is 11.9 Å². The van der Waals surface area contributed by atoms with Gasteiger partial charge >= 0.3 is 0 Å². The van der Waals surface area contributed by atoms with Gasteiger partial charge in [-0.1, -0.05) is 70.5 Å². The molecule has 0 saturated heterocycles. The first-order valence-corrected chi connectivity index (χ1v) is 13.1. The van der Waals surface area contributed by atoms with Crippen molar-refractivity contribution < 1.29 is 14.0 Å². The molecule has 7 heteroatoms. The molecule has 4 nitrogen and oxygen atoms in total. The van der Waals surface area contributed by atoms with Gasteiger partial charge < -0.3 is 10.2 Å². The number of hydrogen-bond donors (Lipinski definition) is 1. The lowest BCUT2D eigenvalue weighted by molar-refractivity contribution is -0.139. The Kier molecular flexibility index (Phi) is 10.2. The van der Waals surface area contributed by atoms with Gasteiger partial charge in [0, 0.05) is 29.7 Å². The smallest absolute Gasteiger partial charge is 0.243 e. The van der Waals surface area contributed by atoms with E-state index in [0.717, 1.165) is 21.2 Å². The van der Waals surface area contributed by atoms with Crippen LogP contribution in [0.1, 0.15) is 23.6 Å². The van der Waals surface area contributed by atoms with Crippen LogP contribution >= 0.6 is 27.7 Å². The average molecular weight is 544 g/mol. The molecular weight excluding hydrogens is 515 g/mol. The number of amides is 2. The zero-order valence-corrected chi connectivity index (χ0v) is 21.4. The van der Waals surface area contributed by atoms with Gasteiger partial charge in [-0.2, -0.15) is 0 Å². The lowest BCUT2D eigenvalue weighted by atomic mass is 10.0. The SMILES string of the molecule is CCNC(=O)[C@H](Cc1ccccc1)N(Cc1cccc(Br)c1)C(=O)CSCc1ccc(F)cc1. The van der Waals surface area contributed by atoms with Gasteiger partial charge in [-0.15, -0.1) is 11.8 Å². The van der Waals surface area contributed by atoms with Crippen molar-refractivity contribution in [1.82, 2.24) is 10.2 Å². The molecule has 0 unspecified atom stereocenters. The number of halogens is 2. The second-order valence-corrected chi connectivity index (χ2v) is 9.77. The van der Waals surface area contributed by atoms with Crippen LogP contribution in [0.4, 0.5) is 4.39 Å². The van der Waals surface area contributed by atoms with Crippen molar-refractivity contribution in [1.29, 1.82) is 0 Å². The second kappa shape index (κ2) is 13.3. The third-order valence-electron chi connectivity index (χ3n) is 5.27. The fourth-order valence-corrected chi connectivity index (χ4v) is 4.92. The first-order valence-electron chi connectivity index (χ1n) is 11.1. The molecule has 3 aromatic rings. The molecule has 0 bridgehead atoms. The van der Waals surface area contributed by atoms with Crippen molar-refractivity contribution in [2.24, 2.45) is 0 Å². The summed E-state index contributed by atoms with van der Waals surface area (Å²) in [5, 5.41) is 2.90. The maximum absolute atomic E-state index is 13.5. The average Bonchev–Trinajstić information content (AvgIpc) is 2.83. The van der Waals surface area contributed by atoms with Gasteiger partial charge in [-0.05, 0) is 47.9 Å². The van der Waals surface area contributed by atoms with Crippen LogP contribution in [0.5, 0.6) is 0 Å². The van der Waals surface area contributed by atoms with E-state index in [1.165, 1.54) is 23.9 Å². The minimum Gasteiger partial charge on any atom is -0.355 e. The number of thioether (sulfide) groups is 1. The molecule has 34 heavy (non-hydrogen) atoms. The van der Waals surface area contributed by atoms with Crippen molar-refractivity contribution in [3.05, 3.63) is 106 Å². The van der Waals surface area contributed by atoms with Gasteiger partial charge in [-0.3, -0.25) is 9.59 Å². The van der Waals surface area contributed by atoms with Crippen molar-refractivity contribution in [3.8, 4) is 0 Å². The molecule has 0 aliphatic rings. The Balaban J connectivity index is 1.81. The lowest BCUT2D eigenvalue weighted by Crippen LogP contribution is -2.51. The molecule has 3 rings (SSSR count). The van der Waals surface area contributed by atoms with E-state index in [1.807, 2.05) is 61.5 Å². The summed E-state index contributed by atoms with van der Waals surface area (Å²) in [4.78, 5) is 28.3. The Morgan fingerprint density at radius 1 is 0.971 bits per heavy atom. The Morgan fingerprint density at radius 2 is 1.68 bits per heavy atom. The van der Waals surface area contributed by atoms with Crippen LogP contribution in [0.15, 0.2) is 83.3 Å². The van der Waals surface area contributed by atoms with Gasteiger partial charge in [0.25, 0.3) is 0 Å². The van der Waals surface area contributed by atoms with Crippen LogP contribution in [0.2, 0.25) is 0 Å². The van der Waals surface area contributed by atoms with E-state index in [2.05, 4.69) is 21.2 Å². The summed E-state index contributed by atoms with van der Waals surface area (Å²) in [6.45, 7) is 2.68. The topological polar surface area (TPSA) is 49.4 Å². The molecule has 3 aromatic carbocycles. The minimum atomic E-state index is -0.639. The van der Waals surface area contributed by atoms with Crippen molar-refractivity contribution in [2.75, 3.05) is 12.3 Å². The highest BCUT2D eigenvalue weighted by Gasteiger charge is 2.30. The first-order chi connectivity index (χ1) is 16.5. The molecule has 1 N–H and O–H groups in total. The Labute approximate surface area is 213 Å². The number of likely N-dealkylation sites (N-methyl/N-ethyl adjacent to an activating group) is 1. The van der Waals surface area contributed by atoms with Gasteiger partial charge in [0.05, 0.1) is 5.75 Å². The molecule has 1 atom stereocenters. The number of benzene rings is 3.